The van der Waals surface area contributed by atoms with E-state index in [4.69, 9.17) is 0 Å². The van der Waals surface area contributed by atoms with Crippen molar-refractivity contribution < 1.29 is 4.79 Å². The number of rotatable bonds is 6. The minimum absolute atomic E-state index is 0.0737. The molecule has 1 heterocycles. The number of aryl methyl sites for hydroxylation is 1. The predicted octanol–water partition coefficient (Wildman–Crippen LogP) is 3.24. The van der Waals surface area contributed by atoms with E-state index in [0.717, 1.165) is 17.5 Å². The minimum Gasteiger partial charge on any atom is -0.356 e. The lowest BCUT2D eigenvalue weighted by Crippen LogP contribution is -2.27. The third-order valence-corrected chi connectivity index (χ3v) is 3.76. The topological polar surface area (TPSA) is 42.0 Å². The van der Waals surface area contributed by atoms with Gasteiger partial charge in [0, 0.05) is 18.9 Å². The van der Waals surface area contributed by atoms with Gasteiger partial charge in [0.05, 0.1) is 6.42 Å². The van der Waals surface area contributed by atoms with E-state index in [1.165, 1.54) is 5.56 Å². The Labute approximate surface area is 126 Å². The Hall–Kier alpha value is -2.16. The molecule has 0 fully saturated rings. The van der Waals surface area contributed by atoms with Gasteiger partial charge in [0.25, 0.3) is 0 Å². The molecule has 0 radical (unpaired) electrons. The van der Waals surface area contributed by atoms with Crippen molar-refractivity contribution in [2.24, 2.45) is 0 Å². The van der Waals surface area contributed by atoms with Crippen LogP contribution in [0.4, 0.5) is 0 Å². The Morgan fingerprint density at radius 3 is 2.71 bits per heavy atom. The monoisotopic (exact) mass is 282 g/mol. The third-order valence-electron chi connectivity index (χ3n) is 3.76. The summed E-state index contributed by atoms with van der Waals surface area (Å²) < 4.78 is 0. The Balaban J connectivity index is 1.76. The Morgan fingerprint density at radius 2 is 2.00 bits per heavy atom. The maximum atomic E-state index is 12.0. The molecule has 21 heavy (non-hydrogen) atoms. The highest BCUT2D eigenvalue weighted by Gasteiger charge is 2.08. The number of nitrogens with zero attached hydrogens (tertiary/aromatic N) is 1. The first-order valence-corrected chi connectivity index (χ1v) is 7.38. The second-order valence-corrected chi connectivity index (χ2v) is 5.43. The molecule has 3 nitrogen and oxygen atoms in total. The first kappa shape index (κ1) is 15.2. The van der Waals surface area contributed by atoms with Crippen LogP contribution in [0.1, 0.15) is 36.0 Å². The molecule has 0 aliphatic heterocycles. The number of hydrogen-bond acceptors (Lipinski definition) is 2. The van der Waals surface area contributed by atoms with Gasteiger partial charge in [0.2, 0.25) is 5.91 Å². The lowest BCUT2D eigenvalue weighted by atomic mass is 9.98. The maximum Gasteiger partial charge on any atom is 0.224 e. The van der Waals surface area contributed by atoms with Crippen LogP contribution in [0.15, 0.2) is 48.8 Å². The fraction of sp³-hybridized carbons (Fsp3) is 0.333. The zero-order chi connectivity index (χ0) is 15.1. The summed E-state index contributed by atoms with van der Waals surface area (Å²) in [5.74, 6) is 0.527. The number of hydrogen-bond donors (Lipinski definition) is 1. The standard InChI is InChI=1S/C18H22N2O/c1-14(16-6-4-3-5-7-16)8-11-20-18(21)12-17-9-10-19-13-15(17)2/h3-7,9-10,13-14H,8,11-12H2,1-2H3,(H,20,21)/t14-/m0/s1. The summed E-state index contributed by atoms with van der Waals surface area (Å²) in [4.78, 5) is 16.0. The Bertz CT molecular complexity index is 581. The van der Waals surface area contributed by atoms with E-state index in [2.05, 4.69) is 41.5 Å². The zero-order valence-corrected chi connectivity index (χ0v) is 12.7. The molecule has 1 aromatic carbocycles. The maximum absolute atomic E-state index is 12.0. The van der Waals surface area contributed by atoms with E-state index < -0.39 is 0 Å². The average molecular weight is 282 g/mol. The molecular weight excluding hydrogens is 260 g/mol. The van der Waals surface area contributed by atoms with Gasteiger partial charge in [-0.1, -0.05) is 37.3 Å². The summed E-state index contributed by atoms with van der Waals surface area (Å²) in [6, 6.07) is 12.3. The van der Waals surface area contributed by atoms with Gasteiger partial charge in [-0.2, -0.15) is 0 Å². The summed E-state index contributed by atoms with van der Waals surface area (Å²) >= 11 is 0. The van der Waals surface area contributed by atoms with Crippen LogP contribution >= 0.6 is 0 Å². The smallest absolute Gasteiger partial charge is 0.224 e. The average Bonchev–Trinajstić information content (AvgIpc) is 2.50. The van der Waals surface area contributed by atoms with Crippen molar-refractivity contribution in [3.05, 3.63) is 65.5 Å². The quantitative estimate of drug-likeness (QED) is 0.883. The largest absolute Gasteiger partial charge is 0.356 e. The molecule has 0 bridgehead atoms. The molecule has 0 unspecified atom stereocenters. The molecule has 0 saturated carbocycles. The summed E-state index contributed by atoms with van der Waals surface area (Å²) in [5, 5.41) is 3.00. The van der Waals surface area contributed by atoms with Crippen molar-refractivity contribution in [3.63, 3.8) is 0 Å². The van der Waals surface area contributed by atoms with Gasteiger partial charge in [-0.25, -0.2) is 0 Å². The first-order chi connectivity index (χ1) is 10.2. The normalized spacial score (nSPS) is 11.9. The number of aromatic nitrogens is 1. The first-order valence-electron chi connectivity index (χ1n) is 7.38. The highest BCUT2D eigenvalue weighted by molar-refractivity contribution is 5.78. The molecular formula is C18H22N2O. The van der Waals surface area contributed by atoms with Gasteiger partial charge in [0.1, 0.15) is 0 Å². The molecule has 1 atom stereocenters. The molecule has 110 valence electrons. The van der Waals surface area contributed by atoms with Crippen molar-refractivity contribution in [2.75, 3.05) is 6.54 Å². The van der Waals surface area contributed by atoms with Crippen LogP contribution in [-0.4, -0.2) is 17.4 Å². The van der Waals surface area contributed by atoms with Crippen molar-refractivity contribution in [3.8, 4) is 0 Å². The molecule has 1 amide bonds. The van der Waals surface area contributed by atoms with Crippen molar-refractivity contribution in [1.29, 1.82) is 0 Å². The van der Waals surface area contributed by atoms with E-state index in [9.17, 15) is 4.79 Å². The van der Waals surface area contributed by atoms with Crippen molar-refractivity contribution >= 4 is 5.91 Å². The number of amides is 1. The van der Waals surface area contributed by atoms with Crippen LogP contribution < -0.4 is 5.32 Å². The molecule has 1 N–H and O–H groups in total. The Kier molecular flexibility index (Phi) is 5.50. The Morgan fingerprint density at radius 1 is 1.24 bits per heavy atom. The summed E-state index contributed by atoms with van der Waals surface area (Å²) in [7, 11) is 0. The molecule has 0 spiro atoms. The van der Waals surface area contributed by atoms with Gasteiger partial charge in [-0.05, 0) is 42.0 Å². The number of nitrogens with one attached hydrogen (secondary N) is 1. The van der Waals surface area contributed by atoms with E-state index in [-0.39, 0.29) is 5.91 Å². The third kappa shape index (κ3) is 4.71. The molecule has 2 aromatic rings. The highest BCUT2D eigenvalue weighted by Crippen LogP contribution is 2.17. The van der Waals surface area contributed by atoms with Crippen LogP contribution in [0.25, 0.3) is 0 Å². The number of carbonyl (C=O) groups excluding carboxylic acids is 1. The second-order valence-electron chi connectivity index (χ2n) is 5.43. The van der Waals surface area contributed by atoms with E-state index in [1.54, 1.807) is 12.4 Å². The van der Waals surface area contributed by atoms with E-state index >= 15 is 0 Å². The molecule has 0 aliphatic rings. The van der Waals surface area contributed by atoms with Gasteiger partial charge in [-0.15, -0.1) is 0 Å². The predicted molar refractivity (Wildman–Crippen MR) is 85.2 cm³/mol. The van der Waals surface area contributed by atoms with Gasteiger partial charge >= 0.3 is 0 Å². The highest BCUT2D eigenvalue weighted by atomic mass is 16.1. The molecule has 1 aromatic heterocycles. The molecule has 0 aliphatic carbocycles. The fourth-order valence-electron chi connectivity index (χ4n) is 2.31. The van der Waals surface area contributed by atoms with Gasteiger partial charge in [0.15, 0.2) is 0 Å². The van der Waals surface area contributed by atoms with Crippen molar-refractivity contribution in [1.82, 2.24) is 10.3 Å². The van der Waals surface area contributed by atoms with Crippen LogP contribution in [0.5, 0.6) is 0 Å². The SMILES string of the molecule is Cc1cnccc1CC(=O)NCC[C@H](C)c1ccccc1. The van der Waals surface area contributed by atoms with Crippen LogP contribution in [0, 0.1) is 6.92 Å². The lowest BCUT2D eigenvalue weighted by Gasteiger charge is -2.12. The van der Waals surface area contributed by atoms with Crippen LogP contribution in [0.3, 0.4) is 0 Å². The molecule has 0 saturated heterocycles. The fourth-order valence-corrected chi connectivity index (χ4v) is 2.31. The summed E-state index contributed by atoms with van der Waals surface area (Å²) in [6.07, 6.45) is 4.90. The lowest BCUT2D eigenvalue weighted by molar-refractivity contribution is -0.120. The molecule has 2 rings (SSSR count). The molecule has 3 heteroatoms. The minimum atomic E-state index is 0.0737. The second kappa shape index (κ2) is 7.58. The zero-order valence-electron chi connectivity index (χ0n) is 12.7. The van der Waals surface area contributed by atoms with E-state index in [0.29, 0.717) is 18.9 Å². The van der Waals surface area contributed by atoms with Gasteiger partial charge < -0.3 is 5.32 Å². The van der Waals surface area contributed by atoms with Crippen molar-refractivity contribution in [2.45, 2.75) is 32.6 Å². The number of pyridine rings is 1. The number of carbonyl (C=O) groups is 1. The summed E-state index contributed by atoms with van der Waals surface area (Å²) in [5.41, 5.74) is 3.42. The van der Waals surface area contributed by atoms with Crippen LogP contribution in [-0.2, 0) is 11.2 Å². The number of benzene rings is 1. The summed E-state index contributed by atoms with van der Waals surface area (Å²) in [6.45, 7) is 4.88. The van der Waals surface area contributed by atoms with Gasteiger partial charge in [-0.3, -0.25) is 9.78 Å². The van der Waals surface area contributed by atoms with Crippen LogP contribution in [0.2, 0.25) is 0 Å². The van der Waals surface area contributed by atoms with E-state index in [1.807, 2.05) is 19.1 Å².